The number of piperazine rings is 1. The number of halogens is 1. The molecule has 5 rings (SSSR count). The van der Waals surface area contributed by atoms with Crippen LogP contribution in [0.3, 0.4) is 0 Å². The van der Waals surface area contributed by atoms with Crippen molar-refractivity contribution in [3.05, 3.63) is 59.9 Å². The van der Waals surface area contributed by atoms with E-state index in [4.69, 9.17) is 0 Å². The van der Waals surface area contributed by atoms with Gasteiger partial charge in [0.1, 0.15) is 5.82 Å². The Morgan fingerprint density at radius 2 is 1.90 bits per heavy atom. The van der Waals surface area contributed by atoms with Crippen molar-refractivity contribution in [1.82, 2.24) is 25.2 Å². The second-order valence-electron chi connectivity index (χ2n) is 7.73. The van der Waals surface area contributed by atoms with Crippen LogP contribution in [0.5, 0.6) is 0 Å². The summed E-state index contributed by atoms with van der Waals surface area (Å²) in [5.74, 6) is -0.0764. The summed E-state index contributed by atoms with van der Waals surface area (Å²) in [6.45, 7) is 4.28. The molecule has 3 aromatic heterocycles. The van der Waals surface area contributed by atoms with E-state index in [9.17, 15) is 9.18 Å². The highest BCUT2D eigenvalue weighted by molar-refractivity contribution is 6.05. The molecule has 0 spiro atoms. The second-order valence-corrected chi connectivity index (χ2v) is 7.73. The van der Waals surface area contributed by atoms with Crippen LogP contribution < -0.4 is 15.5 Å². The summed E-state index contributed by atoms with van der Waals surface area (Å²) in [5, 5.41) is 6.01. The number of nitrogens with one attached hydrogen (secondary N) is 2. The molecule has 1 saturated heterocycles. The third kappa shape index (κ3) is 3.68. The number of hydrogen-bond donors (Lipinski definition) is 2. The summed E-state index contributed by atoms with van der Waals surface area (Å²) in [7, 11) is 2.12. The number of anilines is 3. The first kappa shape index (κ1) is 19.4. The topological polar surface area (TPSA) is 86.3 Å². The molecule has 8 nitrogen and oxygen atoms in total. The van der Waals surface area contributed by atoms with E-state index in [1.807, 2.05) is 18.3 Å². The van der Waals surface area contributed by atoms with E-state index in [0.29, 0.717) is 40.4 Å². The van der Waals surface area contributed by atoms with Gasteiger partial charge in [-0.05, 0) is 25.2 Å². The van der Waals surface area contributed by atoms with Gasteiger partial charge in [-0.2, -0.15) is 0 Å². The van der Waals surface area contributed by atoms with Crippen LogP contribution in [0.15, 0.2) is 43.0 Å². The molecule has 0 aliphatic carbocycles. The van der Waals surface area contributed by atoms with Gasteiger partial charge in [0.15, 0.2) is 5.82 Å². The predicted octanol–water partition coefficient (Wildman–Crippen LogP) is 2.42. The van der Waals surface area contributed by atoms with Crippen molar-refractivity contribution in [2.45, 2.75) is 6.54 Å². The van der Waals surface area contributed by atoms with Crippen molar-refractivity contribution in [2.75, 3.05) is 43.4 Å². The molecular formula is C22H22FN7O. The van der Waals surface area contributed by atoms with Crippen molar-refractivity contribution >= 4 is 23.1 Å². The molecule has 9 heteroatoms. The number of carbonyl (C=O) groups excluding carboxylic acids is 1. The standard InChI is InChI=1S/C22H22FN7O/c1-29-6-8-30(9-7-29)14-2-3-19(25-10-14)28-18-13-26-21(15-4-5-24-12-17(15)23)16-11-27-22(31)20(16)18/h2-5,10,12-13H,6-9,11H2,1H3,(H,25,28)(H,27,31). The van der Waals surface area contributed by atoms with Crippen LogP contribution in [-0.2, 0) is 6.54 Å². The fourth-order valence-electron chi connectivity index (χ4n) is 3.98. The monoisotopic (exact) mass is 419 g/mol. The Bertz CT molecular complexity index is 1130. The molecule has 5 heterocycles. The quantitative estimate of drug-likeness (QED) is 0.672. The molecule has 2 N–H and O–H groups in total. The van der Waals surface area contributed by atoms with E-state index < -0.39 is 5.82 Å². The summed E-state index contributed by atoms with van der Waals surface area (Å²) in [6, 6.07) is 5.48. The van der Waals surface area contributed by atoms with E-state index >= 15 is 0 Å². The van der Waals surface area contributed by atoms with Crippen LogP contribution >= 0.6 is 0 Å². The van der Waals surface area contributed by atoms with Crippen LogP contribution in [0.25, 0.3) is 11.3 Å². The fourth-order valence-corrected chi connectivity index (χ4v) is 3.98. The summed E-state index contributed by atoms with van der Waals surface area (Å²) in [4.78, 5) is 29.9. The van der Waals surface area contributed by atoms with Gasteiger partial charge in [0.05, 0.1) is 41.2 Å². The van der Waals surface area contributed by atoms with Crippen molar-refractivity contribution in [2.24, 2.45) is 0 Å². The SMILES string of the molecule is CN1CCN(c2ccc(Nc3cnc(-c4ccncc4F)c4c3C(=O)NC4)nc2)CC1. The molecule has 0 aromatic carbocycles. The number of aromatic nitrogens is 3. The first-order valence-corrected chi connectivity index (χ1v) is 10.2. The third-order valence-electron chi connectivity index (χ3n) is 5.74. The maximum absolute atomic E-state index is 14.3. The molecule has 0 bridgehead atoms. The fraction of sp³-hybridized carbons (Fsp3) is 0.273. The molecule has 0 unspecified atom stereocenters. The van der Waals surface area contributed by atoms with Crippen molar-refractivity contribution in [3.63, 3.8) is 0 Å². The number of fused-ring (bicyclic) bond motifs is 1. The molecule has 0 saturated carbocycles. The zero-order valence-electron chi connectivity index (χ0n) is 17.1. The van der Waals surface area contributed by atoms with E-state index in [1.54, 1.807) is 12.3 Å². The molecule has 3 aromatic rings. The van der Waals surface area contributed by atoms with Crippen LogP contribution in [0.2, 0.25) is 0 Å². The highest BCUT2D eigenvalue weighted by Crippen LogP contribution is 2.34. The molecule has 0 radical (unpaired) electrons. The summed E-state index contributed by atoms with van der Waals surface area (Å²) in [6.07, 6.45) is 6.04. The van der Waals surface area contributed by atoms with Gasteiger partial charge >= 0.3 is 0 Å². The van der Waals surface area contributed by atoms with E-state index in [2.05, 4.69) is 42.4 Å². The largest absolute Gasteiger partial charge is 0.368 e. The lowest BCUT2D eigenvalue weighted by Gasteiger charge is -2.33. The Balaban J connectivity index is 1.42. The van der Waals surface area contributed by atoms with Gasteiger partial charge in [0, 0.05) is 50.0 Å². The lowest BCUT2D eigenvalue weighted by Crippen LogP contribution is -2.44. The minimum absolute atomic E-state index is 0.218. The first-order valence-electron chi connectivity index (χ1n) is 10.2. The van der Waals surface area contributed by atoms with Crippen molar-refractivity contribution in [1.29, 1.82) is 0 Å². The lowest BCUT2D eigenvalue weighted by molar-refractivity contribution is 0.0966. The maximum Gasteiger partial charge on any atom is 0.254 e. The number of amides is 1. The Labute approximate surface area is 179 Å². The van der Waals surface area contributed by atoms with Gasteiger partial charge in [-0.3, -0.25) is 14.8 Å². The molecule has 1 fully saturated rings. The maximum atomic E-state index is 14.3. The second kappa shape index (κ2) is 7.92. The third-order valence-corrected chi connectivity index (χ3v) is 5.74. The van der Waals surface area contributed by atoms with Crippen LogP contribution in [-0.4, -0.2) is 59.0 Å². The summed E-state index contributed by atoms with van der Waals surface area (Å²) >= 11 is 0. The van der Waals surface area contributed by atoms with Gasteiger partial charge in [0.25, 0.3) is 5.91 Å². The van der Waals surface area contributed by atoms with Gasteiger partial charge in [0.2, 0.25) is 0 Å². The van der Waals surface area contributed by atoms with Crippen LogP contribution in [0.4, 0.5) is 21.6 Å². The highest BCUT2D eigenvalue weighted by atomic mass is 19.1. The number of nitrogens with zero attached hydrogens (tertiary/aromatic N) is 5. The molecule has 1 amide bonds. The van der Waals surface area contributed by atoms with Gasteiger partial charge in [-0.1, -0.05) is 0 Å². The van der Waals surface area contributed by atoms with E-state index in [1.165, 1.54) is 6.20 Å². The molecule has 158 valence electrons. The zero-order valence-corrected chi connectivity index (χ0v) is 17.1. The lowest BCUT2D eigenvalue weighted by atomic mass is 10.0. The van der Waals surface area contributed by atoms with Crippen LogP contribution in [0, 0.1) is 5.82 Å². The molecule has 2 aliphatic heterocycles. The minimum atomic E-state index is -0.474. The highest BCUT2D eigenvalue weighted by Gasteiger charge is 2.28. The Hall–Kier alpha value is -3.59. The van der Waals surface area contributed by atoms with Gasteiger partial charge in [-0.15, -0.1) is 0 Å². The normalized spacial score (nSPS) is 16.2. The average Bonchev–Trinajstić information content (AvgIpc) is 3.18. The summed E-state index contributed by atoms with van der Waals surface area (Å²) in [5.41, 5.74) is 3.51. The Morgan fingerprint density at radius 3 is 2.65 bits per heavy atom. The number of likely N-dealkylation sites (N-methyl/N-ethyl adjacent to an activating group) is 1. The smallest absolute Gasteiger partial charge is 0.254 e. The zero-order chi connectivity index (χ0) is 21.4. The van der Waals surface area contributed by atoms with Crippen molar-refractivity contribution in [3.8, 4) is 11.3 Å². The summed E-state index contributed by atoms with van der Waals surface area (Å²) < 4.78 is 14.3. The van der Waals surface area contributed by atoms with E-state index in [-0.39, 0.29) is 5.91 Å². The Morgan fingerprint density at radius 1 is 1.06 bits per heavy atom. The molecular weight excluding hydrogens is 397 g/mol. The van der Waals surface area contributed by atoms with Crippen LogP contribution in [0.1, 0.15) is 15.9 Å². The predicted molar refractivity (Wildman–Crippen MR) is 116 cm³/mol. The number of hydrogen-bond acceptors (Lipinski definition) is 7. The molecule has 0 atom stereocenters. The van der Waals surface area contributed by atoms with Gasteiger partial charge in [-0.25, -0.2) is 9.37 Å². The molecule has 31 heavy (non-hydrogen) atoms. The number of pyridine rings is 3. The van der Waals surface area contributed by atoms with E-state index in [0.717, 1.165) is 38.1 Å². The van der Waals surface area contributed by atoms with Gasteiger partial charge < -0.3 is 20.4 Å². The average molecular weight is 419 g/mol. The molecule has 2 aliphatic rings. The minimum Gasteiger partial charge on any atom is -0.368 e. The number of carbonyl (C=O) groups is 1. The Kier molecular flexibility index (Phi) is 4.95. The first-order chi connectivity index (χ1) is 15.1. The number of rotatable bonds is 4. The van der Waals surface area contributed by atoms with Crippen molar-refractivity contribution < 1.29 is 9.18 Å².